The summed E-state index contributed by atoms with van der Waals surface area (Å²) < 4.78 is 5.67. The number of amides is 1. The third-order valence-electron chi connectivity index (χ3n) is 5.73. The van der Waals surface area contributed by atoms with Gasteiger partial charge in [0.1, 0.15) is 23.5 Å². The van der Waals surface area contributed by atoms with Gasteiger partial charge < -0.3 is 25.0 Å². The van der Waals surface area contributed by atoms with Crippen molar-refractivity contribution in [2.45, 2.75) is 12.0 Å². The van der Waals surface area contributed by atoms with Gasteiger partial charge in [0.25, 0.3) is 5.91 Å². The molecule has 1 aliphatic heterocycles. The fourth-order valence-corrected chi connectivity index (χ4v) is 4.14. The van der Waals surface area contributed by atoms with Gasteiger partial charge in [-0.05, 0) is 49.9 Å². The molecule has 168 valence electrons. The highest BCUT2D eigenvalue weighted by atomic mass is 16.5. The van der Waals surface area contributed by atoms with Crippen molar-refractivity contribution in [3.63, 3.8) is 0 Å². The smallest absolute Gasteiger partial charge is 0.253 e. The quantitative estimate of drug-likeness (QED) is 0.523. The lowest BCUT2D eigenvalue weighted by atomic mass is 10.0. The number of aliphatic hydroxyl groups is 1. The van der Waals surface area contributed by atoms with Crippen LogP contribution >= 0.6 is 0 Å². The average molecular weight is 436 g/mol. The zero-order valence-corrected chi connectivity index (χ0v) is 18.5. The number of benzene rings is 1. The maximum Gasteiger partial charge on any atom is 0.253 e. The van der Waals surface area contributed by atoms with E-state index in [0.29, 0.717) is 37.4 Å². The summed E-state index contributed by atoms with van der Waals surface area (Å²) in [4.78, 5) is 25.5. The molecule has 32 heavy (non-hydrogen) atoms. The summed E-state index contributed by atoms with van der Waals surface area (Å²) in [5.41, 5.74) is 2.13. The van der Waals surface area contributed by atoms with Crippen molar-refractivity contribution in [1.82, 2.24) is 20.2 Å². The number of likely N-dealkylation sites (N-methyl/N-ethyl adjacent to an activating group) is 2. The molecule has 0 radical (unpaired) electrons. The molecule has 0 spiro atoms. The number of hydrogen-bond donors (Lipinski definition) is 2. The van der Waals surface area contributed by atoms with Crippen LogP contribution in [0.15, 0.2) is 54.9 Å². The Balaban J connectivity index is 1.43. The third-order valence-corrected chi connectivity index (χ3v) is 5.73. The molecule has 1 amide bonds. The summed E-state index contributed by atoms with van der Waals surface area (Å²) in [6, 6.07) is 12.9. The average Bonchev–Trinajstić information content (AvgIpc) is 3.19. The van der Waals surface area contributed by atoms with Crippen LogP contribution in [0.1, 0.15) is 16.8 Å². The summed E-state index contributed by atoms with van der Waals surface area (Å²) in [5, 5.41) is 14.3. The van der Waals surface area contributed by atoms with E-state index in [0.717, 1.165) is 23.3 Å². The zero-order chi connectivity index (χ0) is 22.6. The lowest BCUT2D eigenvalue weighted by molar-refractivity contribution is 0.0264. The Morgan fingerprint density at radius 3 is 2.97 bits per heavy atom. The summed E-state index contributed by atoms with van der Waals surface area (Å²) in [6.07, 6.45) is 4.07. The molecule has 4 rings (SSSR count). The monoisotopic (exact) mass is 435 g/mol. The summed E-state index contributed by atoms with van der Waals surface area (Å²) in [5.74, 6) is 0.509. The number of rotatable bonds is 8. The van der Waals surface area contributed by atoms with Gasteiger partial charge in [-0.25, -0.2) is 0 Å². The van der Waals surface area contributed by atoms with Gasteiger partial charge in [-0.3, -0.25) is 14.8 Å². The van der Waals surface area contributed by atoms with Crippen molar-refractivity contribution in [1.29, 1.82) is 0 Å². The van der Waals surface area contributed by atoms with Crippen LogP contribution in [0, 0.1) is 0 Å². The summed E-state index contributed by atoms with van der Waals surface area (Å²) >= 11 is 0. The van der Waals surface area contributed by atoms with Crippen molar-refractivity contribution in [2.24, 2.45) is 0 Å². The van der Waals surface area contributed by atoms with Gasteiger partial charge in [0, 0.05) is 44.6 Å². The number of ether oxygens (including phenoxy) is 1. The number of nitrogens with zero attached hydrogens (tertiary/aromatic N) is 4. The molecular formula is C24H29N5O3. The number of aromatic nitrogens is 2. The molecule has 1 saturated heterocycles. The highest BCUT2D eigenvalue weighted by Gasteiger charge is 2.38. The molecule has 2 N–H and O–H groups in total. The minimum atomic E-state index is -1.00. The predicted octanol–water partition coefficient (Wildman–Crippen LogP) is 1.94. The Hall–Kier alpha value is -3.23. The number of carbonyl (C=O) groups is 1. The fourth-order valence-electron chi connectivity index (χ4n) is 4.14. The number of fused-ring (bicyclic) bond motifs is 1. The SMILES string of the molecule is CNCCOc1cccc(C(=O)N(C)C[C@]2(O)CCN(c3ccnc4cccnc34)C2)c1. The maximum atomic E-state index is 13.0. The second kappa shape index (κ2) is 9.50. The van der Waals surface area contributed by atoms with E-state index in [9.17, 15) is 9.90 Å². The standard InChI is InChI=1S/C24H29N5O3/c1-25-12-14-32-19-6-3-5-18(15-19)23(30)28(2)16-24(31)9-13-29(17-24)21-8-11-26-20-7-4-10-27-22(20)21/h3-8,10-11,15,25,31H,9,12-14,16-17H2,1-2H3/t24-/m1/s1. The van der Waals surface area contributed by atoms with Gasteiger partial charge in [0.05, 0.1) is 17.7 Å². The molecule has 1 aromatic carbocycles. The van der Waals surface area contributed by atoms with Crippen LogP contribution in [0.3, 0.4) is 0 Å². The van der Waals surface area contributed by atoms with Gasteiger partial charge in [-0.2, -0.15) is 0 Å². The molecule has 1 atom stereocenters. The lowest BCUT2D eigenvalue weighted by Crippen LogP contribution is -2.45. The first-order valence-corrected chi connectivity index (χ1v) is 10.8. The van der Waals surface area contributed by atoms with E-state index in [4.69, 9.17) is 4.74 Å². The molecular weight excluding hydrogens is 406 g/mol. The van der Waals surface area contributed by atoms with Gasteiger partial charge in [-0.1, -0.05) is 6.07 Å². The second-order valence-corrected chi connectivity index (χ2v) is 8.24. The molecule has 3 aromatic rings. The summed E-state index contributed by atoms with van der Waals surface area (Å²) in [6.45, 7) is 2.60. The van der Waals surface area contributed by atoms with E-state index in [-0.39, 0.29) is 12.5 Å². The third kappa shape index (κ3) is 4.81. The second-order valence-electron chi connectivity index (χ2n) is 8.24. The van der Waals surface area contributed by atoms with Crippen LogP contribution in [-0.4, -0.2) is 78.4 Å². The molecule has 0 bridgehead atoms. The molecule has 8 nitrogen and oxygen atoms in total. The van der Waals surface area contributed by atoms with E-state index in [1.807, 2.05) is 37.4 Å². The molecule has 2 aromatic heterocycles. The van der Waals surface area contributed by atoms with Crippen LogP contribution in [0.25, 0.3) is 11.0 Å². The number of nitrogens with one attached hydrogen (secondary N) is 1. The van der Waals surface area contributed by atoms with Crippen molar-refractivity contribution in [2.75, 3.05) is 51.8 Å². The zero-order valence-electron chi connectivity index (χ0n) is 18.5. The highest BCUT2D eigenvalue weighted by molar-refractivity contribution is 5.94. The van der Waals surface area contributed by atoms with Gasteiger partial charge in [0.2, 0.25) is 0 Å². The van der Waals surface area contributed by atoms with Crippen LogP contribution in [0.2, 0.25) is 0 Å². The van der Waals surface area contributed by atoms with Crippen molar-refractivity contribution in [3.05, 3.63) is 60.4 Å². The Morgan fingerprint density at radius 1 is 1.25 bits per heavy atom. The number of anilines is 1. The Labute approximate surface area is 187 Å². The van der Waals surface area contributed by atoms with Gasteiger partial charge in [0.15, 0.2) is 0 Å². The fraction of sp³-hybridized carbons (Fsp3) is 0.375. The summed E-state index contributed by atoms with van der Waals surface area (Å²) in [7, 11) is 3.59. The van der Waals surface area contributed by atoms with E-state index >= 15 is 0 Å². The molecule has 3 heterocycles. The van der Waals surface area contributed by atoms with Crippen LogP contribution < -0.4 is 15.0 Å². The molecule has 8 heteroatoms. The van der Waals surface area contributed by atoms with Crippen molar-refractivity contribution in [3.8, 4) is 5.75 Å². The first kappa shape index (κ1) is 22.0. The van der Waals surface area contributed by atoms with E-state index in [2.05, 4.69) is 20.2 Å². The van der Waals surface area contributed by atoms with Crippen LogP contribution in [0.5, 0.6) is 5.75 Å². The molecule has 0 saturated carbocycles. The molecule has 0 aliphatic carbocycles. The van der Waals surface area contributed by atoms with Gasteiger partial charge in [-0.15, -0.1) is 0 Å². The van der Waals surface area contributed by atoms with Crippen molar-refractivity contribution < 1.29 is 14.6 Å². The van der Waals surface area contributed by atoms with E-state index in [1.165, 1.54) is 0 Å². The topological polar surface area (TPSA) is 90.8 Å². The minimum absolute atomic E-state index is 0.146. The Morgan fingerprint density at radius 2 is 2.12 bits per heavy atom. The number of carbonyl (C=O) groups excluding carboxylic acids is 1. The first-order chi connectivity index (χ1) is 15.5. The van der Waals surface area contributed by atoms with Crippen molar-refractivity contribution >= 4 is 22.6 Å². The largest absolute Gasteiger partial charge is 0.492 e. The number of hydrogen-bond acceptors (Lipinski definition) is 7. The first-order valence-electron chi connectivity index (χ1n) is 10.8. The molecule has 0 unspecified atom stereocenters. The Kier molecular flexibility index (Phi) is 6.53. The highest BCUT2D eigenvalue weighted by Crippen LogP contribution is 2.31. The minimum Gasteiger partial charge on any atom is -0.492 e. The Bertz CT molecular complexity index is 1090. The predicted molar refractivity (Wildman–Crippen MR) is 124 cm³/mol. The molecule has 1 aliphatic rings. The normalized spacial score (nSPS) is 18.2. The van der Waals surface area contributed by atoms with Crippen LogP contribution in [-0.2, 0) is 0 Å². The van der Waals surface area contributed by atoms with E-state index in [1.54, 1.807) is 36.5 Å². The van der Waals surface area contributed by atoms with Gasteiger partial charge >= 0.3 is 0 Å². The van der Waals surface area contributed by atoms with Crippen LogP contribution in [0.4, 0.5) is 5.69 Å². The number of pyridine rings is 2. The molecule has 1 fully saturated rings. The number of β-amino-alcohol motifs (C(OH)–C–C–N with tert-alkyl or cyclic N) is 1. The maximum absolute atomic E-state index is 13.0. The lowest BCUT2D eigenvalue weighted by Gasteiger charge is -2.29. The van der Waals surface area contributed by atoms with E-state index < -0.39 is 5.60 Å².